The van der Waals surface area contributed by atoms with E-state index in [1.165, 1.54) is 0 Å². The van der Waals surface area contributed by atoms with Crippen molar-refractivity contribution in [3.8, 4) is 0 Å². The molecule has 0 aliphatic carbocycles. The number of H-pyrrole nitrogens is 2. The molecule has 1 aliphatic rings. The second-order valence-corrected chi connectivity index (χ2v) is 5.43. The van der Waals surface area contributed by atoms with E-state index in [2.05, 4.69) is 15.3 Å². The molecule has 0 spiro atoms. The van der Waals surface area contributed by atoms with Gasteiger partial charge in [-0.3, -0.25) is 4.79 Å². The molecule has 21 heavy (non-hydrogen) atoms. The smallest absolute Gasteiger partial charge is 0.323 e. The highest BCUT2D eigenvalue weighted by Gasteiger charge is 2.17. The number of carbonyl (C=O) groups is 1. The lowest BCUT2D eigenvalue weighted by Gasteiger charge is -2.21. The third kappa shape index (κ3) is 3.52. The van der Waals surface area contributed by atoms with Gasteiger partial charge in [0.15, 0.2) is 0 Å². The van der Waals surface area contributed by atoms with Crippen molar-refractivity contribution in [3.63, 3.8) is 0 Å². The Labute approximate surface area is 121 Å². The first-order chi connectivity index (χ1) is 10.2. The van der Waals surface area contributed by atoms with Crippen LogP contribution < -0.4 is 11.0 Å². The molecular weight excluding hydrogens is 270 g/mol. The molecule has 112 valence electrons. The van der Waals surface area contributed by atoms with Gasteiger partial charge in [-0.25, -0.2) is 4.79 Å². The lowest BCUT2D eigenvalue weighted by atomic mass is 10.1. The standard InChI is InChI=1S/C15H19N3O3/c19-14(8-11-3-1-2-6-21-11)16-9-10-4-5-12-13(7-10)18-15(20)17-12/h4-5,7,11H,1-3,6,8-9H2,(H,16,19)(H2,17,18,20)/t11-/m0/s1. The number of carbonyl (C=O) groups excluding carboxylic acids is 1. The third-order valence-electron chi connectivity index (χ3n) is 3.76. The Bertz CT molecular complexity index is 683. The van der Waals surface area contributed by atoms with Crippen molar-refractivity contribution in [1.82, 2.24) is 15.3 Å². The fourth-order valence-corrected chi connectivity index (χ4v) is 2.64. The van der Waals surface area contributed by atoms with E-state index in [0.29, 0.717) is 13.0 Å². The molecular formula is C15H19N3O3. The number of rotatable bonds is 4. The van der Waals surface area contributed by atoms with Gasteiger partial charge in [0.1, 0.15) is 0 Å². The zero-order valence-electron chi connectivity index (χ0n) is 11.8. The molecule has 6 nitrogen and oxygen atoms in total. The zero-order valence-corrected chi connectivity index (χ0v) is 11.8. The number of fused-ring (bicyclic) bond motifs is 1. The maximum absolute atomic E-state index is 11.9. The van der Waals surface area contributed by atoms with Gasteiger partial charge in [0.25, 0.3) is 0 Å². The van der Waals surface area contributed by atoms with Gasteiger partial charge < -0.3 is 20.0 Å². The molecule has 3 rings (SSSR count). The van der Waals surface area contributed by atoms with Crippen LogP contribution in [0.3, 0.4) is 0 Å². The van der Waals surface area contributed by atoms with Crippen molar-refractivity contribution >= 4 is 16.9 Å². The van der Waals surface area contributed by atoms with Crippen molar-refractivity contribution in [2.75, 3.05) is 6.61 Å². The van der Waals surface area contributed by atoms with E-state index < -0.39 is 0 Å². The largest absolute Gasteiger partial charge is 0.378 e. The molecule has 0 saturated carbocycles. The van der Waals surface area contributed by atoms with Crippen molar-refractivity contribution in [2.24, 2.45) is 0 Å². The van der Waals surface area contributed by atoms with Crippen LogP contribution in [-0.2, 0) is 16.1 Å². The lowest BCUT2D eigenvalue weighted by Crippen LogP contribution is -2.30. The van der Waals surface area contributed by atoms with E-state index >= 15 is 0 Å². The number of amides is 1. The number of aromatic amines is 2. The van der Waals surface area contributed by atoms with Crippen molar-refractivity contribution in [2.45, 2.75) is 38.3 Å². The van der Waals surface area contributed by atoms with Gasteiger partial charge in [0.05, 0.1) is 23.6 Å². The van der Waals surface area contributed by atoms with Crippen LogP contribution in [0, 0.1) is 0 Å². The summed E-state index contributed by atoms with van der Waals surface area (Å²) in [5.41, 5.74) is 2.25. The zero-order chi connectivity index (χ0) is 14.7. The average molecular weight is 289 g/mol. The second-order valence-electron chi connectivity index (χ2n) is 5.43. The van der Waals surface area contributed by atoms with Crippen LogP contribution in [0.2, 0.25) is 0 Å². The summed E-state index contributed by atoms with van der Waals surface area (Å²) in [5, 5.41) is 2.90. The maximum atomic E-state index is 11.9. The Balaban J connectivity index is 1.55. The van der Waals surface area contributed by atoms with Gasteiger partial charge in [-0.2, -0.15) is 0 Å². The van der Waals surface area contributed by atoms with Crippen LogP contribution in [0.4, 0.5) is 0 Å². The Kier molecular flexibility index (Phi) is 4.06. The number of hydrogen-bond donors (Lipinski definition) is 3. The van der Waals surface area contributed by atoms with E-state index in [9.17, 15) is 9.59 Å². The van der Waals surface area contributed by atoms with Crippen LogP contribution in [0.5, 0.6) is 0 Å². The minimum absolute atomic E-state index is 0.00422. The number of hydrogen-bond acceptors (Lipinski definition) is 3. The second kappa shape index (κ2) is 6.13. The Hall–Kier alpha value is -2.08. The van der Waals surface area contributed by atoms with Gasteiger partial charge >= 0.3 is 5.69 Å². The molecule has 1 fully saturated rings. The highest BCUT2D eigenvalue weighted by atomic mass is 16.5. The maximum Gasteiger partial charge on any atom is 0.323 e. The number of aromatic nitrogens is 2. The van der Waals surface area contributed by atoms with E-state index in [-0.39, 0.29) is 17.7 Å². The predicted molar refractivity (Wildman–Crippen MR) is 79.0 cm³/mol. The van der Waals surface area contributed by atoms with Crippen molar-refractivity contribution in [3.05, 3.63) is 34.2 Å². The summed E-state index contributed by atoms with van der Waals surface area (Å²) in [4.78, 5) is 28.5. The lowest BCUT2D eigenvalue weighted by molar-refractivity contribution is -0.125. The van der Waals surface area contributed by atoms with Crippen molar-refractivity contribution in [1.29, 1.82) is 0 Å². The summed E-state index contributed by atoms with van der Waals surface area (Å²) in [5.74, 6) is 0.00422. The fourth-order valence-electron chi connectivity index (χ4n) is 2.64. The molecule has 3 N–H and O–H groups in total. The van der Waals surface area contributed by atoms with Crippen LogP contribution >= 0.6 is 0 Å². The Morgan fingerprint density at radius 3 is 2.95 bits per heavy atom. The predicted octanol–water partition coefficient (Wildman–Crippen LogP) is 1.43. The first-order valence-electron chi connectivity index (χ1n) is 7.30. The Morgan fingerprint density at radius 2 is 2.14 bits per heavy atom. The summed E-state index contributed by atoms with van der Waals surface area (Å²) < 4.78 is 5.56. The van der Waals surface area contributed by atoms with E-state index in [1.807, 2.05) is 18.2 Å². The molecule has 0 radical (unpaired) electrons. The molecule has 2 heterocycles. The normalized spacial score (nSPS) is 18.8. The number of benzene rings is 1. The highest BCUT2D eigenvalue weighted by molar-refractivity contribution is 5.77. The molecule has 1 aromatic heterocycles. The third-order valence-corrected chi connectivity index (χ3v) is 3.76. The monoisotopic (exact) mass is 289 g/mol. The minimum atomic E-state index is -0.222. The Morgan fingerprint density at radius 1 is 1.29 bits per heavy atom. The summed E-state index contributed by atoms with van der Waals surface area (Å²) in [6.45, 7) is 1.21. The first-order valence-corrected chi connectivity index (χ1v) is 7.30. The molecule has 1 saturated heterocycles. The molecule has 2 aromatic rings. The number of ether oxygens (including phenoxy) is 1. The SMILES string of the molecule is O=C(C[C@@H]1CCCCO1)NCc1ccc2[nH]c(=O)[nH]c2c1. The summed E-state index contributed by atoms with van der Waals surface area (Å²) >= 11 is 0. The molecule has 1 aliphatic heterocycles. The van der Waals surface area contributed by atoms with Crippen LogP contribution in [-0.4, -0.2) is 28.6 Å². The van der Waals surface area contributed by atoms with Gasteiger partial charge in [0, 0.05) is 13.2 Å². The molecule has 0 bridgehead atoms. The molecule has 6 heteroatoms. The molecule has 1 aromatic carbocycles. The van der Waals surface area contributed by atoms with E-state index in [4.69, 9.17) is 4.74 Å². The number of nitrogens with one attached hydrogen (secondary N) is 3. The van der Waals surface area contributed by atoms with E-state index in [0.717, 1.165) is 42.5 Å². The van der Waals surface area contributed by atoms with Crippen LogP contribution in [0.1, 0.15) is 31.2 Å². The average Bonchev–Trinajstić information content (AvgIpc) is 2.85. The quantitative estimate of drug-likeness (QED) is 0.795. The van der Waals surface area contributed by atoms with Gasteiger partial charge in [-0.15, -0.1) is 0 Å². The molecule has 1 atom stereocenters. The van der Waals surface area contributed by atoms with Gasteiger partial charge in [0.2, 0.25) is 5.91 Å². The van der Waals surface area contributed by atoms with Crippen molar-refractivity contribution < 1.29 is 9.53 Å². The first kappa shape index (κ1) is 13.9. The molecule has 0 unspecified atom stereocenters. The van der Waals surface area contributed by atoms with E-state index in [1.54, 1.807) is 0 Å². The molecule has 1 amide bonds. The van der Waals surface area contributed by atoms with Crippen LogP contribution in [0.25, 0.3) is 11.0 Å². The van der Waals surface area contributed by atoms with Crippen LogP contribution in [0.15, 0.2) is 23.0 Å². The van der Waals surface area contributed by atoms with Gasteiger partial charge in [-0.1, -0.05) is 6.07 Å². The number of imidazole rings is 1. The highest BCUT2D eigenvalue weighted by Crippen LogP contribution is 2.15. The fraction of sp³-hybridized carbons (Fsp3) is 0.467. The minimum Gasteiger partial charge on any atom is -0.378 e. The summed E-state index contributed by atoms with van der Waals surface area (Å²) in [7, 11) is 0. The summed E-state index contributed by atoms with van der Waals surface area (Å²) in [6.07, 6.45) is 3.66. The summed E-state index contributed by atoms with van der Waals surface area (Å²) in [6, 6.07) is 5.59. The topological polar surface area (TPSA) is 87.0 Å². The van der Waals surface area contributed by atoms with Gasteiger partial charge in [-0.05, 0) is 37.0 Å².